The van der Waals surface area contributed by atoms with E-state index in [1.54, 1.807) is 28.5 Å². The maximum atomic E-state index is 13.7. The number of carbonyl (C=O) groups is 2. The molecule has 0 saturated heterocycles. The molecule has 0 radical (unpaired) electrons. The Morgan fingerprint density at radius 3 is 2.38 bits per heavy atom. The second kappa shape index (κ2) is 12.5. The molecule has 1 atom stereocenters. The van der Waals surface area contributed by atoms with E-state index in [0.717, 1.165) is 21.8 Å². The van der Waals surface area contributed by atoms with E-state index in [-0.39, 0.29) is 30.2 Å². The first kappa shape index (κ1) is 27.6. The Labute approximate surface area is 252 Å². The van der Waals surface area contributed by atoms with E-state index in [0.29, 0.717) is 23.0 Å². The molecule has 0 fully saturated rings. The predicted octanol–water partition coefficient (Wildman–Crippen LogP) is 6.04. The number of para-hydroxylation sites is 1. The van der Waals surface area contributed by atoms with Crippen LogP contribution >= 0.6 is 23.1 Å². The molecule has 0 aliphatic carbocycles. The van der Waals surface area contributed by atoms with Gasteiger partial charge in [0.05, 0.1) is 28.9 Å². The van der Waals surface area contributed by atoms with Gasteiger partial charge in [0.2, 0.25) is 0 Å². The van der Waals surface area contributed by atoms with Crippen molar-refractivity contribution in [2.45, 2.75) is 31.1 Å². The summed E-state index contributed by atoms with van der Waals surface area (Å²) in [5, 5.41) is 20.7. The minimum Gasteiger partial charge on any atom is -0.345 e. The van der Waals surface area contributed by atoms with E-state index in [1.165, 1.54) is 17.3 Å². The van der Waals surface area contributed by atoms with Crippen molar-refractivity contribution in [3.05, 3.63) is 130 Å². The smallest absolute Gasteiger partial charge is 0.253 e. The van der Waals surface area contributed by atoms with Crippen LogP contribution in [-0.4, -0.2) is 43.1 Å². The SMILES string of the molecule is Cc1ccc([C@H]2CC(c3cccs3)=NN2C(=O)CSc2nnc(CNC(=O)c3ccccc3)n2-c2ccccc2)cc1. The highest BCUT2D eigenvalue weighted by molar-refractivity contribution is 7.99. The summed E-state index contributed by atoms with van der Waals surface area (Å²) in [6.45, 7) is 2.23. The largest absolute Gasteiger partial charge is 0.345 e. The minimum absolute atomic E-state index is 0.112. The third-order valence-corrected chi connectivity index (χ3v) is 8.75. The molecule has 1 aliphatic rings. The molecule has 2 amide bonds. The van der Waals surface area contributed by atoms with Crippen LogP contribution in [0.3, 0.4) is 0 Å². The third-order valence-electron chi connectivity index (χ3n) is 6.92. The van der Waals surface area contributed by atoms with E-state index < -0.39 is 0 Å². The van der Waals surface area contributed by atoms with Gasteiger partial charge in [-0.05, 0) is 48.2 Å². The quantitative estimate of drug-likeness (QED) is 0.211. The van der Waals surface area contributed by atoms with Crippen LogP contribution in [-0.2, 0) is 11.3 Å². The van der Waals surface area contributed by atoms with Crippen LogP contribution in [0.1, 0.15) is 44.6 Å². The molecule has 6 rings (SSSR count). The molecule has 0 unspecified atom stereocenters. The van der Waals surface area contributed by atoms with Gasteiger partial charge in [0.15, 0.2) is 11.0 Å². The first-order valence-electron chi connectivity index (χ1n) is 13.5. The highest BCUT2D eigenvalue weighted by Gasteiger charge is 2.33. The lowest BCUT2D eigenvalue weighted by Gasteiger charge is -2.22. The molecule has 5 aromatic rings. The van der Waals surface area contributed by atoms with Crippen molar-refractivity contribution in [1.82, 2.24) is 25.1 Å². The maximum absolute atomic E-state index is 13.7. The van der Waals surface area contributed by atoms with Crippen molar-refractivity contribution >= 4 is 40.6 Å². The van der Waals surface area contributed by atoms with E-state index >= 15 is 0 Å². The van der Waals surface area contributed by atoms with E-state index in [9.17, 15) is 9.59 Å². The molecule has 0 spiro atoms. The molecule has 1 aliphatic heterocycles. The lowest BCUT2D eigenvalue weighted by molar-refractivity contribution is -0.130. The maximum Gasteiger partial charge on any atom is 0.253 e. The first-order valence-corrected chi connectivity index (χ1v) is 15.4. The molecule has 42 heavy (non-hydrogen) atoms. The minimum atomic E-state index is -0.196. The van der Waals surface area contributed by atoms with E-state index in [1.807, 2.05) is 70.6 Å². The highest BCUT2D eigenvalue weighted by atomic mass is 32.2. The lowest BCUT2D eigenvalue weighted by atomic mass is 10.00. The summed E-state index contributed by atoms with van der Waals surface area (Å²) in [7, 11) is 0. The van der Waals surface area contributed by atoms with Gasteiger partial charge in [0, 0.05) is 17.7 Å². The summed E-state index contributed by atoms with van der Waals surface area (Å²) in [5.74, 6) is 0.388. The fourth-order valence-corrected chi connectivity index (χ4v) is 6.31. The number of rotatable bonds is 9. The van der Waals surface area contributed by atoms with Crippen molar-refractivity contribution in [3.63, 3.8) is 0 Å². The number of thioether (sulfide) groups is 1. The van der Waals surface area contributed by atoms with Crippen LogP contribution in [0, 0.1) is 6.92 Å². The zero-order valence-electron chi connectivity index (χ0n) is 22.9. The van der Waals surface area contributed by atoms with Crippen LogP contribution < -0.4 is 5.32 Å². The summed E-state index contributed by atoms with van der Waals surface area (Å²) in [6.07, 6.45) is 0.658. The lowest BCUT2D eigenvalue weighted by Crippen LogP contribution is -2.28. The van der Waals surface area contributed by atoms with Gasteiger partial charge in [-0.1, -0.05) is 84.1 Å². The van der Waals surface area contributed by atoms with Crippen LogP contribution in [0.4, 0.5) is 0 Å². The Morgan fingerprint density at radius 1 is 0.929 bits per heavy atom. The molecular formula is C32H28N6O2S2. The Bertz CT molecular complexity index is 1700. The van der Waals surface area contributed by atoms with Gasteiger partial charge >= 0.3 is 0 Å². The summed E-state index contributed by atoms with van der Waals surface area (Å²) < 4.78 is 1.88. The van der Waals surface area contributed by atoms with Gasteiger partial charge in [-0.3, -0.25) is 14.2 Å². The Morgan fingerprint density at radius 2 is 1.67 bits per heavy atom. The van der Waals surface area contributed by atoms with Crippen LogP contribution in [0.2, 0.25) is 0 Å². The molecule has 0 bridgehead atoms. The first-order chi connectivity index (χ1) is 20.6. The van der Waals surface area contributed by atoms with Crippen molar-refractivity contribution < 1.29 is 9.59 Å². The average Bonchev–Trinajstić information content (AvgIpc) is 3.80. The van der Waals surface area contributed by atoms with Gasteiger partial charge in [-0.15, -0.1) is 21.5 Å². The summed E-state index contributed by atoms with van der Waals surface area (Å²) in [4.78, 5) is 27.4. The van der Waals surface area contributed by atoms with Crippen molar-refractivity contribution in [1.29, 1.82) is 0 Å². The monoisotopic (exact) mass is 592 g/mol. The predicted molar refractivity (Wildman–Crippen MR) is 166 cm³/mol. The van der Waals surface area contributed by atoms with Crippen LogP contribution in [0.25, 0.3) is 5.69 Å². The van der Waals surface area contributed by atoms with Gasteiger partial charge in [-0.25, -0.2) is 5.01 Å². The number of hydrazone groups is 1. The molecule has 3 heterocycles. The van der Waals surface area contributed by atoms with E-state index in [2.05, 4.69) is 46.7 Å². The molecule has 8 nitrogen and oxygen atoms in total. The molecule has 210 valence electrons. The standard InChI is InChI=1S/C32H28N6O2S2/c1-22-14-16-23(17-15-22)27-19-26(28-13-8-18-41-28)36-38(27)30(39)21-42-32-35-34-29(37(32)25-11-6-3-7-12-25)20-33-31(40)24-9-4-2-5-10-24/h2-18,27H,19-21H2,1H3,(H,33,40)/t27-/m1/s1. The fourth-order valence-electron chi connectivity index (χ4n) is 4.77. The Kier molecular flexibility index (Phi) is 8.25. The Hall–Kier alpha value is -4.54. The van der Waals surface area contributed by atoms with Gasteiger partial charge in [0.25, 0.3) is 11.8 Å². The normalized spacial score (nSPS) is 14.5. The topological polar surface area (TPSA) is 92.5 Å². The molecular weight excluding hydrogens is 565 g/mol. The fraction of sp³-hybridized carbons (Fsp3) is 0.156. The van der Waals surface area contributed by atoms with Gasteiger partial charge in [0.1, 0.15) is 0 Å². The number of nitrogens with one attached hydrogen (secondary N) is 1. The number of aryl methyl sites for hydroxylation is 1. The number of carbonyl (C=O) groups excluding carboxylic acids is 2. The van der Waals surface area contributed by atoms with Crippen LogP contribution in [0.5, 0.6) is 0 Å². The summed E-state index contributed by atoms with van der Waals surface area (Å²) in [6, 6.07) is 30.9. The summed E-state index contributed by atoms with van der Waals surface area (Å²) >= 11 is 2.93. The van der Waals surface area contributed by atoms with Crippen LogP contribution in [0.15, 0.2) is 113 Å². The summed E-state index contributed by atoms with van der Waals surface area (Å²) in [5.41, 5.74) is 4.55. The second-order valence-electron chi connectivity index (χ2n) is 9.80. The molecule has 10 heteroatoms. The number of nitrogens with zero attached hydrogens (tertiary/aromatic N) is 5. The number of amides is 2. The van der Waals surface area contributed by atoms with Crippen molar-refractivity contribution in [3.8, 4) is 5.69 Å². The number of thiophene rings is 1. The molecule has 1 N–H and O–H groups in total. The number of benzene rings is 3. The highest BCUT2D eigenvalue weighted by Crippen LogP contribution is 2.35. The van der Waals surface area contributed by atoms with Crippen molar-refractivity contribution in [2.24, 2.45) is 5.10 Å². The second-order valence-corrected chi connectivity index (χ2v) is 11.7. The van der Waals surface area contributed by atoms with Gasteiger partial charge in [-0.2, -0.15) is 5.10 Å². The van der Waals surface area contributed by atoms with Crippen molar-refractivity contribution in [2.75, 3.05) is 5.75 Å². The molecule has 2 aromatic heterocycles. The zero-order chi connectivity index (χ0) is 28.9. The third kappa shape index (κ3) is 6.05. The van der Waals surface area contributed by atoms with Gasteiger partial charge < -0.3 is 5.32 Å². The number of hydrogen-bond acceptors (Lipinski definition) is 7. The molecule has 3 aromatic carbocycles. The molecule has 0 saturated carbocycles. The Balaban J connectivity index is 1.22. The number of hydrogen-bond donors (Lipinski definition) is 1. The van der Waals surface area contributed by atoms with E-state index in [4.69, 9.17) is 5.10 Å². The number of aromatic nitrogens is 3. The average molecular weight is 593 g/mol. The zero-order valence-corrected chi connectivity index (χ0v) is 24.5.